The highest BCUT2D eigenvalue weighted by Crippen LogP contribution is 2.42. The van der Waals surface area contributed by atoms with Crippen molar-refractivity contribution in [3.63, 3.8) is 0 Å². The summed E-state index contributed by atoms with van der Waals surface area (Å²) in [5, 5.41) is 12.6. The van der Waals surface area contributed by atoms with Crippen LogP contribution in [0.1, 0.15) is 30.5 Å². The Kier molecular flexibility index (Phi) is 6.34. The van der Waals surface area contributed by atoms with Crippen molar-refractivity contribution >= 4 is 17.3 Å². The first kappa shape index (κ1) is 22.7. The quantitative estimate of drug-likeness (QED) is 0.480. The minimum atomic E-state index is -0.871. The van der Waals surface area contributed by atoms with Crippen molar-refractivity contribution in [2.45, 2.75) is 31.2 Å². The van der Waals surface area contributed by atoms with Crippen LogP contribution < -0.4 is 14.8 Å². The lowest BCUT2D eigenvalue weighted by atomic mass is 9.67. The van der Waals surface area contributed by atoms with E-state index in [0.717, 1.165) is 36.6 Å². The normalized spacial score (nSPS) is 14.2. The highest BCUT2D eigenvalue weighted by atomic mass is 35.5. The van der Waals surface area contributed by atoms with Gasteiger partial charge >= 0.3 is 0 Å². The van der Waals surface area contributed by atoms with E-state index < -0.39 is 17.0 Å². The van der Waals surface area contributed by atoms with E-state index in [2.05, 4.69) is 21.4 Å². The zero-order valence-electron chi connectivity index (χ0n) is 18.1. The molecule has 9 heteroatoms. The maximum Gasteiger partial charge on any atom is 0.191 e. The van der Waals surface area contributed by atoms with Gasteiger partial charge in [-0.05, 0) is 37.5 Å². The van der Waals surface area contributed by atoms with Gasteiger partial charge in [0.2, 0.25) is 0 Å². The molecule has 170 valence electrons. The monoisotopic (exact) mass is 470 g/mol. The summed E-state index contributed by atoms with van der Waals surface area (Å²) in [5.41, 5.74) is 1.80. The summed E-state index contributed by atoms with van der Waals surface area (Å²) < 4.78 is 39.0. The Balaban J connectivity index is 1.53. The molecule has 0 atom stereocenters. The summed E-state index contributed by atoms with van der Waals surface area (Å²) in [4.78, 5) is 8.89. The zero-order chi connectivity index (χ0) is 23.6. The fraction of sp³-hybridized carbons (Fsp3) is 0.292. The minimum absolute atomic E-state index is 0.0259. The van der Waals surface area contributed by atoms with Crippen LogP contribution in [0.3, 0.4) is 0 Å². The van der Waals surface area contributed by atoms with Crippen LogP contribution in [0.15, 0.2) is 36.7 Å². The van der Waals surface area contributed by atoms with Gasteiger partial charge in [-0.2, -0.15) is 5.26 Å². The highest BCUT2D eigenvalue weighted by Gasteiger charge is 2.40. The summed E-state index contributed by atoms with van der Waals surface area (Å²) in [6, 6.07) is 8.90. The topological polar surface area (TPSA) is 80.1 Å². The third-order valence-corrected chi connectivity index (χ3v) is 6.28. The number of methoxy groups -OCH3 is 2. The molecule has 33 heavy (non-hydrogen) atoms. The van der Waals surface area contributed by atoms with Gasteiger partial charge in [-0.1, -0.05) is 11.6 Å². The van der Waals surface area contributed by atoms with Crippen LogP contribution in [0.4, 0.5) is 14.5 Å². The molecule has 2 heterocycles. The number of benzene rings is 1. The molecule has 1 aliphatic carbocycles. The average Bonchev–Trinajstić information content (AvgIpc) is 2.80. The molecule has 0 amide bonds. The molecule has 0 unspecified atom stereocenters. The van der Waals surface area contributed by atoms with Gasteiger partial charge in [0.15, 0.2) is 23.1 Å². The van der Waals surface area contributed by atoms with Crippen molar-refractivity contribution in [2.75, 3.05) is 19.5 Å². The lowest BCUT2D eigenvalue weighted by Crippen LogP contribution is -2.33. The average molecular weight is 471 g/mol. The number of halogens is 3. The second-order valence-electron chi connectivity index (χ2n) is 7.78. The smallest absolute Gasteiger partial charge is 0.191 e. The molecule has 1 saturated carbocycles. The number of anilines is 1. The molecule has 3 aromatic rings. The van der Waals surface area contributed by atoms with Crippen molar-refractivity contribution < 1.29 is 18.3 Å². The van der Waals surface area contributed by atoms with Crippen LogP contribution in [-0.4, -0.2) is 24.2 Å². The van der Waals surface area contributed by atoms with E-state index in [0.29, 0.717) is 16.3 Å². The third kappa shape index (κ3) is 4.16. The number of nitriles is 1. The van der Waals surface area contributed by atoms with Crippen molar-refractivity contribution in [3.05, 3.63) is 64.6 Å². The molecule has 0 bridgehead atoms. The van der Waals surface area contributed by atoms with E-state index >= 15 is 0 Å². The van der Waals surface area contributed by atoms with Gasteiger partial charge in [-0.3, -0.25) is 9.97 Å². The number of ether oxygens (including phenoxy) is 2. The maximum absolute atomic E-state index is 14.6. The summed E-state index contributed by atoms with van der Waals surface area (Å²) >= 11 is 6.42. The molecule has 0 radical (unpaired) electrons. The summed E-state index contributed by atoms with van der Waals surface area (Å²) in [7, 11) is 2.57. The van der Waals surface area contributed by atoms with Crippen LogP contribution in [0.2, 0.25) is 5.02 Å². The predicted molar refractivity (Wildman–Crippen MR) is 120 cm³/mol. The van der Waals surface area contributed by atoms with Crippen LogP contribution in [0, 0.1) is 23.0 Å². The Morgan fingerprint density at radius 1 is 1.09 bits per heavy atom. The van der Waals surface area contributed by atoms with Gasteiger partial charge in [0.25, 0.3) is 0 Å². The molecule has 2 aromatic heterocycles. The second-order valence-corrected chi connectivity index (χ2v) is 8.19. The fourth-order valence-corrected chi connectivity index (χ4v) is 3.97. The van der Waals surface area contributed by atoms with Crippen LogP contribution in [0.25, 0.3) is 11.3 Å². The molecule has 1 aliphatic rings. The number of hydrogen-bond acceptors (Lipinski definition) is 6. The third-order valence-electron chi connectivity index (χ3n) is 5.93. The molecular formula is C24H21ClF2N4O2. The van der Waals surface area contributed by atoms with Crippen molar-refractivity contribution in [1.82, 2.24) is 9.97 Å². The molecule has 6 nitrogen and oxygen atoms in total. The van der Waals surface area contributed by atoms with Crippen molar-refractivity contribution in [1.29, 1.82) is 5.26 Å². The number of nitrogens with zero attached hydrogens (tertiary/aromatic N) is 3. The molecule has 4 rings (SSSR count). The van der Waals surface area contributed by atoms with Crippen LogP contribution in [-0.2, 0) is 12.0 Å². The van der Waals surface area contributed by atoms with Gasteiger partial charge in [-0.15, -0.1) is 0 Å². The first-order valence-electron chi connectivity index (χ1n) is 10.3. The Morgan fingerprint density at radius 3 is 2.27 bits per heavy atom. The largest absolute Gasteiger partial charge is 0.493 e. The molecule has 1 N–H and O–H groups in total. The molecular weight excluding hydrogens is 450 g/mol. The van der Waals surface area contributed by atoms with E-state index in [9.17, 15) is 14.0 Å². The number of aromatic nitrogens is 2. The van der Waals surface area contributed by atoms with Crippen LogP contribution >= 0.6 is 11.6 Å². The van der Waals surface area contributed by atoms with Gasteiger partial charge < -0.3 is 14.8 Å². The molecule has 1 aromatic carbocycles. The van der Waals surface area contributed by atoms with Crippen molar-refractivity contribution in [2.24, 2.45) is 0 Å². The van der Waals surface area contributed by atoms with Crippen molar-refractivity contribution in [3.8, 4) is 28.8 Å². The second kappa shape index (κ2) is 9.20. The summed E-state index contributed by atoms with van der Waals surface area (Å²) in [6.45, 7) is 0.0259. The first-order valence-corrected chi connectivity index (χ1v) is 10.7. The summed E-state index contributed by atoms with van der Waals surface area (Å²) in [5.74, 6) is -2.04. The Labute approximate surface area is 195 Å². The molecule has 1 fully saturated rings. The van der Waals surface area contributed by atoms with Gasteiger partial charge in [0.1, 0.15) is 5.69 Å². The van der Waals surface area contributed by atoms with E-state index in [1.165, 1.54) is 20.4 Å². The minimum Gasteiger partial charge on any atom is -0.493 e. The molecule has 0 saturated heterocycles. The van der Waals surface area contributed by atoms with E-state index in [1.54, 1.807) is 12.3 Å². The lowest BCUT2D eigenvalue weighted by Gasteiger charge is -2.34. The Bertz CT molecular complexity index is 1200. The first-order chi connectivity index (χ1) is 15.9. The Morgan fingerprint density at radius 2 is 1.79 bits per heavy atom. The predicted octanol–water partition coefficient (Wildman–Crippen LogP) is 5.65. The number of rotatable bonds is 7. The number of nitrogens with one attached hydrogen (secondary N) is 1. The SMILES string of the molecule is COc1cc(OC)c(F)c(NCc2cnc(-c3ccc(C4(C#N)CCC4)nc3)cc2Cl)c1F. The van der Waals surface area contributed by atoms with E-state index in [4.69, 9.17) is 21.1 Å². The van der Waals surface area contributed by atoms with E-state index in [-0.39, 0.29) is 23.7 Å². The van der Waals surface area contributed by atoms with Gasteiger partial charge in [0, 0.05) is 41.2 Å². The fourth-order valence-electron chi connectivity index (χ4n) is 3.76. The standard InChI is InChI=1S/C24H21ClF2N4O2/c1-32-18-9-19(33-2)22(27)23(21(18)26)31-12-15-11-29-17(8-16(15)25)14-4-5-20(30-10-14)24(13-28)6-3-7-24/h4-5,8-11,31H,3,6-7,12H2,1-2H3. The molecule has 0 spiro atoms. The maximum atomic E-state index is 14.6. The van der Waals surface area contributed by atoms with Crippen LogP contribution in [0.5, 0.6) is 11.5 Å². The lowest BCUT2D eigenvalue weighted by molar-refractivity contribution is 0.316. The van der Waals surface area contributed by atoms with Gasteiger partial charge in [-0.25, -0.2) is 8.78 Å². The zero-order valence-corrected chi connectivity index (χ0v) is 18.8. The van der Waals surface area contributed by atoms with Gasteiger partial charge in [0.05, 0.1) is 37.1 Å². The Hall–Kier alpha value is -3.44. The molecule has 0 aliphatic heterocycles. The highest BCUT2D eigenvalue weighted by molar-refractivity contribution is 6.31. The summed E-state index contributed by atoms with van der Waals surface area (Å²) in [6.07, 6.45) is 5.88. The number of hydrogen-bond donors (Lipinski definition) is 1. The van der Waals surface area contributed by atoms with E-state index in [1.807, 2.05) is 12.1 Å². The number of pyridine rings is 2.